The second kappa shape index (κ2) is 5.50. The lowest BCUT2D eigenvalue weighted by atomic mass is 10.1. The lowest BCUT2D eigenvalue weighted by Gasteiger charge is -2.12. The fourth-order valence-corrected chi connectivity index (χ4v) is 3.34. The van der Waals surface area contributed by atoms with Gasteiger partial charge < -0.3 is 9.52 Å². The molecule has 114 valence electrons. The monoisotopic (exact) mass is 311 g/mol. The lowest BCUT2D eigenvalue weighted by Crippen LogP contribution is -2.31. The number of benzene rings is 1. The second-order valence-corrected chi connectivity index (χ2v) is 6.66. The van der Waals surface area contributed by atoms with Crippen LogP contribution in [0.4, 0.5) is 0 Å². The summed E-state index contributed by atoms with van der Waals surface area (Å²) in [6.07, 6.45) is 0.676. The molecular weight excluding hydrogens is 294 g/mol. The molecule has 0 aliphatic rings. The minimum atomic E-state index is -3.63. The number of carbonyl (C=O) groups is 1. The van der Waals surface area contributed by atoms with Gasteiger partial charge >= 0.3 is 5.97 Å². The van der Waals surface area contributed by atoms with E-state index in [1.54, 1.807) is 13.8 Å². The number of sulfonamides is 1. The number of nitrogens with one attached hydrogen (secondary N) is 1. The van der Waals surface area contributed by atoms with Gasteiger partial charge in [-0.15, -0.1) is 0 Å². The van der Waals surface area contributed by atoms with Crippen molar-refractivity contribution in [1.82, 2.24) is 4.72 Å². The minimum Gasteiger partial charge on any atom is -0.475 e. The van der Waals surface area contributed by atoms with E-state index in [4.69, 9.17) is 9.52 Å². The molecular formula is C14H17NO5S. The number of aryl methyl sites for hydroxylation is 1. The van der Waals surface area contributed by atoms with Crippen LogP contribution < -0.4 is 4.72 Å². The number of rotatable bonds is 5. The zero-order valence-corrected chi connectivity index (χ0v) is 12.8. The van der Waals surface area contributed by atoms with Gasteiger partial charge in [-0.05, 0) is 38.5 Å². The van der Waals surface area contributed by atoms with Crippen LogP contribution in [0.3, 0.4) is 0 Å². The molecule has 2 rings (SSSR count). The number of hydrogen-bond acceptors (Lipinski definition) is 4. The Morgan fingerprint density at radius 1 is 1.43 bits per heavy atom. The minimum absolute atomic E-state index is 0.0936. The molecule has 0 amide bonds. The fourth-order valence-electron chi connectivity index (χ4n) is 1.99. The molecule has 0 fully saturated rings. The topological polar surface area (TPSA) is 96.6 Å². The molecule has 0 aliphatic carbocycles. The molecule has 1 aromatic heterocycles. The van der Waals surface area contributed by atoms with E-state index in [2.05, 4.69) is 4.72 Å². The average Bonchev–Trinajstić information content (AvgIpc) is 2.75. The summed E-state index contributed by atoms with van der Waals surface area (Å²) in [5.41, 5.74) is 0.769. The molecule has 0 radical (unpaired) electrons. The van der Waals surface area contributed by atoms with Crippen molar-refractivity contribution in [3.8, 4) is 0 Å². The summed E-state index contributed by atoms with van der Waals surface area (Å²) in [6, 6.07) is 4.14. The van der Waals surface area contributed by atoms with Gasteiger partial charge in [0, 0.05) is 17.0 Å². The molecule has 1 heterocycles. The molecule has 2 aromatic rings. The van der Waals surface area contributed by atoms with Crippen LogP contribution in [0.1, 0.15) is 36.4 Å². The lowest BCUT2D eigenvalue weighted by molar-refractivity contribution is 0.0664. The van der Waals surface area contributed by atoms with E-state index < -0.39 is 16.0 Å². The smallest absolute Gasteiger partial charge is 0.372 e. The van der Waals surface area contributed by atoms with Gasteiger partial charge in [-0.3, -0.25) is 0 Å². The molecule has 0 bridgehead atoms. The van der Waals surface area contributed by atoms with Crippen molar-refractivity contribution in [2.45, 2.75) is 38.1 Å². The second-order valence-electron chi connectivity index (χ2n) is 4.95. The van der Waals surface area contributed by atoms with Crippen LogP contribution in [0.25, 0.3) is 11.0 Å². The summed E-state index contributed by atoms with van der Waals surface area (Å²) in [5, 5.41) is 9.51. The van der Waals surface area contributed by atoms with Gasteiger partial charge in [-0.1, -0.05) is 6.92 Å². The molecule has 0 spiro atoms. The van der Waals surface area contributed by atoms with E-state index >= 15 is 0 Å². The molecule has 21 heavy (non-hydrogen) atoms. The SMILES string of the molecule is CCC(C)NS(=O)(=O)c1ccc2oc(C(=O)O)c(C)c2c1. The third-order valence-electron chi connectivity index (χ3n) is 3.38. The largest absolute Gasteiger partial charge is 0.475 e. The highest BCUT2D eigenvalue weighted by atomic mass is 32.2. The van der Waals surface area contributed by atoms with Crippen molar-refractivity contribution in [3.05, 3.63) is 29.5 Å². The Morgan fingerprint density at radius 2 is 2.10 bits per heavy atom. The molecule has 1 unspecified atom stereocenters. The van der Waals surface area contributed by atoms with Crippen molar-refractivity contribution in [2.24, 2.45) is 0 Å². The van der Waals surface area contributed by atoms with E-state index in [0.717, 1.165) is 0 Å². The highest BCUT2D eigenvalue weighted by Crippen LogP contribution is 2.27. The highest BCUT2D eigenvalue weighted by Gasteiger charge is 2.21. The summed E-state index contributed by atoms with van der Waals surface area (Å²) in [4.78, 5) is 11.1. The quantitative estimate of drug-likeness (QED) is 0.884. The number of hydrogen-bond donors (Lipinski definition) is 2. The standard InChI is InChI=1S/C14H17NO5S/c1-4-8(2)15-21(18,19)10-5-6-12-11(7-10)9(3)13(20-12)14(16)17/h5-8,15H,4H2,1-3H3,(H,16,17). The van der Waals surface area contributed by atoms with E-state index in [-0.39, 0.29) is 16.7 Å². The Balaban J connectivity index is 2.53. The van der Waals surface area contributed by atoms with Crippen LogP contribution in [-0.4, -0.2) is 25.5 Å². The Hall–Kier alpha value is -1.86. The predicted octanol–water partition coefficient (Wildman–Crippen LogP) is 2.52. The first-order chi connectivity index (χ1) is 9.76. The van der Waals surface area contributed by atoms with Crippen molar-refractivity contribution >= 4 is 27.0 Å². The van der Waals surface area contributed by atoms with Crippen molar-refractivity contribution < 1.29 is 22.7 Å². The maximum atomic E-state index is 12.2. The molecule has 0 saturated heterocycles. The number of aromatic carboxylic acids is 1. The van der Waals surface area contributed by atoms with Gasteiger partial charge in [0.25, 0.3) is 0 Å². The van der Waals surface area contributed by atoms with Crippen LogP contribution in [0.5, 0.6) is 0 Å². The van der Waals surface area contributed by atoms with Crippen LogP contribution in [-0.2, 0) is 10.0 Å². The number of carboxylic acid groups (broad SMARTS) is 1. The summed E-state index contributed by atoms with van der Waals surface area (Å²) < 4.78 is 32.3. The third-order valence-corrected chi connectivity index (χ3v) is 4.97. The van der Waals surface area contributed by atoms with Gasteiger partial charge in [0.05, 0.1) is 4.90 Å². The zero-order chi connectivity index (χ0) is 15.8. The van der Waals surface area contributed by atoms with Crippen molar-refractivity contribution in [3.63, 3.8) is 0 Å². The maximum Gasteiger partial charge on any atom is 0.372 e. The van der Waals surface area contributed by atoms with Crippen LogP contribution >= 0.6 is 0 Å². The van der Waals surface area contributed by atoms with Gasteiger partial charge in [-0.25, -0.2) is 17.9 Å². The van der Waals surface area contributed by atoms with E-state index in [0.29, 0.717) is 23.0 Å². The van der Waals surface area contributed by atoms with Gasteiger partial charge in [0.15, 0.2) is 0 Å². The van der Waals surface area contributed by atoms with Gasteiger partial charge in [-0.2, -0.15) is 0 Å². The Kier molecular flexibility index (Phi) is 4.06. The number of carboxylic acids is 1. The first-order valence-electron chi connectivity index (χ1n) is 6.55. The zero-order valence-electron chi connectivity index (χ0n) is 12.0. The van der Waals surface area contributed by atoms with Gasteiger partial charge in [0.2, 0.25) is 15.8 Å². The first-order valence-corrected chi connectivity index (χ1v) is 8.03. The normalized spacial score (nSPS) is 13.5. The van der Waals surface area contributed by atoms with E-state index in [1.165, 1.54) is 18.2 Å². The summed E-state index contributed by atoms with van der Waals surface area (Å²) >= 11 is 0. The van der Waals surface area contributed by atoms with Crippen LogP contribution in [0, 0.1) is 6.92 Å². The maximum absolute atomic E-state index is 12.2. The fraction of sp³-hybridized carbons (Fsp3) is 0.357. The number of fused-ring (bicyclic) bond motifs is 1. The average molecular weight is 311 g/mol. The first kappa shape index (κ1) is 15.5. The van der Waals surface area contributed by atoms with E-state index in [1.807, 2.05) is 6.92 Å². The summed E-state index contributed by atoms with van der Waals surface area (Å²) in [5.74, 6) is -1.35. The number of furan rings is 1. The Morgan fingerprint density at radius 3 is 2.67 bits per heavy atom. The predicted molar refractivity (Wildman–Crippen MR) is 78.0 cm³/mol. The molecule has 6 nitrogen and oxygen atoms in total. The molecule has 0 aliphatic heterocycles. The summed E-state index contributed by atoms with van der Waals surface area (Å²) in [7, 11) is -3.63. The van der Waals surface area contributed by atoms with Crippen LogP contribution in [0.2, 0.25) is 0 Å². The molecule has 1 atom stereocenters. The van der Waals surface area contributed by atoms with E-state index in [9.17, 15) is 13.2 Å². The van der Waals surface area contributed by atoms with Gasteiger partial charge in [0.1, 0.15) is 5.58 Å². The van der Waals surface area contributed by atoms with Crippen molar-refractivity contribution in [1.29, 1.82) is 0 Å². The van der Waals surface area contributed by atoms with Crippen molar-refractivity contribution in [2.75, 3.05) is 0 Å². The molecule has 7 heteroatoms. The molecule has 2 N–H and O–H groups in total. The Labute approximate surface area is 122 Å². The molecule has 1 aromatic carbocycles. The highest BCUT2D eigenvalue weighted by molar-refractivity contribution is 7.89. The Bertz CT molecular complexity index is 791. The van der Waals surface area contributed by atoms with Crippen LogP contribution in [0.15, 0.2) is 27.5 Å². The summed E-state index contributed by atoms with van der Waals surface area (Å²) in [6.45, 7) is 5.26. The third kappa shape index (κ3) is 2.93. The molecule has 0 saturated carbocycles.